The topological polar surface area (TPSA) is 135 Å². The van der Waals surface area contributed by atoms with Crippen LogP contribution in [0.25, 0.3) is 31.9 Å². The van der Waals surface area contributed by atoms with Crippen LogP contribution in [0, 0.1) is 0 Å². The Bertz CT molecular complexity index is 2460. The lowest BCUT2D eigenvalue weighted by atomic mass is 9.91. The summed E-state index contributed by atoms with van der Waals surface area (Å²) in [4.78, 5) is 42.6. The van der Waals surface area contributed by atoms with Gasteiger partial charge in [0.25, 0.3) is 5.91 Å². The van der Waals surface area contributed by atoms with E-state index in [4.69, 9.17) is 24.0 Å². The second-order valence-electron chi connectivity index (χ2n) is 14.4. The molecule has 11 nitrogen and oxygen atoms in total. The van der Waals surface area contributed by atoms with Crippen LogP contribution in [0.15, 0.2) is 70.1 Å². The SMILES string of the molecule is COc1cccc2c1CC[C@H]2Nc1nccc2cc(-c3c4c(nc(CCc5cccc([C@H]6CCOC6)c5)c3-c3noc(=O)[nH]3)[C@H]3CCCN3C4=O)sc12. The Morgan fingerprint density at radius 1 is 1.04 bits per heavy atom. The summed E-state index contributed by atoms with van der Waals surface area (Å²) in [5, 5.41) is 8.96. The average Bonchev–Trinajstić information content (AvgIpc) is 4.04. The molecule has 0 bridgehead atoms. The van der Waals surface area contributed by atoms with Crippen LogP contribution < -0.4 is 15.8 Å². The first-order valence-corrected chi connectivity index (χ1v) is 19.3. The zero-order valence-electron chi connectivity index (χ0n) is 29.3. The van der Waals surface area contributed by atoms with Crippen LogP contribution in [-0.2, 0) is 24.0 Å². The summed E-state index contributed by atoms with van der Waals surface area (Å²) < 4.78 is 17.4. The first kappa shape index (κ1) is 32.3. The summed E-state index contributed by atoms with van der Waals surface area (Å²) in [5.74, 6) is 1.71. The number of nitrogens with zero attached hydrogens (tertiary/aromatic N) is 4. The number of methoxy groups -OCH3 is 1. The van der Waals surface area contributed by atoms with Crippen molar-refractivity contribution in [3.8, 4) is 27.6 Å². The van der Waals surface area contributed by atoms with Crippen molar-refractivity contribution in [1.82, 2.24) is 25.0 Å². The number of carbonyl (C=O) groups is 1. The lowest BCUT2D eigenvalue weighted by Crippen LogP contribution is -2.22. The van der Waals surface area contributed by atoms with E-state index in [1.54, 1.807) is 18.4 Å². The molecule has 268 valence electrons. The molecule has 10 rings (SSSR count). The van der Waals surface area contributed by atoms with Crippen molar-refractivity contribution in [3.05, 3.63) is 111 Å². The van der Waals surface area contributed by atoms with Crippen LogP contribution in [0.2, 0.25) is 0 Å². The van der Waals surface area contributed by atoms with E-state index in [-0.39, 0.29) is 23.8 Å². The van der Waals surface area contributed by atoms with Crippen LogP contribution in [0.4, 0.5) is 5.82 Å². The first-order valence-electron chi connectivity index (χ1n) is 18.5. The molecule has 3 atom stereocenters. The van der Waals surface area contributed by atoms with Crippen molar-refractivity contribution in [2.45, 2.75) is 62.9 Å². The van der Waals surface area contributed by atoms with Crippen molar-refractivity contribution in [1.29, 1.82) is 0 Å². The smallest absolute Gasteiger partial charge is 0.439 e. The minimum absolute atomic E-state index is 0.0273. The van der Waals surface area contributed by atoms with E-state index < -0.39 is 5.76 Å². The van der Waals surface area contributed by atoms with Gasteiger partial charge in [-0.2, -0.15) is 0 Å². The van der Waals surface area contributed by atoms with Crippen molar-refractivity contribution in [2.24, 2.45) is 0 Å². The van der Waals surface area contributed by atoms with Crippen LogP contribution >= 0.6 is 11.3 Å². The Kier molecular flexibility index (Phi) is 7.90. The number of hydrogen-bond acceptors (Lipinski definition) is 10. The van der Waals surface area contributed by atoms with E-state index in [1.807, 2.05) is 29.3 Å². The summed E-state index contributed by atoms with van der Waals surface area (Å²) in [5.41, 5.74) is 8.51. The molecular weight excluding hydrogens is 689 g/mol. The number of pyridine rings is 2. The van der Waals surface area contributed by atoms with E-state index in [2.05, 4.69) is 51.9 Å². The number of ether oxygens (including phenoxy) is 2. The van der Waals surface area contributed by atoms with Crippen LogP contribution in [-0.4, -0.2) is 57.8 Å². The maximum absolute atomic E-state index is 14.3. The number of H-pyrrole nitrogens is 1. The number of nitrogens with one attached hydrogen (secondary N) is 2. The Hall–Kier alpha value is -5.33. The van der Waals surface area contributed by atoms with Gasteiger partial charge in [-0.25, -0.2) is 9.78 Å². The Balaban J connectivity index is 1.10. The molecule has 2 aromatic carbocycles. The Labute approximate surface area is 309 Å². The molecule has 2 fully saturated rings. The highest BCUT2D eigenvalue weighted by Gasteiger charge is 2.44. The van der Waals surface area contributed by atoms with Gasteiger partial charge >= 0.3 is 5.76 Å². The number of hydrogen-bond donors (Lipinski definition) is 2. The number of aryl methyl sites for hydroxylation is 2. The maximum atomic E-state index is 14.3. The Morgan fingerprint density at radius 3 is 2.81 bits per heavy atom. The van der Waals surface area contributed by atoms with E-state index in [9.17, 15) is 9.59 Å². The number of amides is 1. The minimum atomic E-state index is -0.656. The lowest BCUT2D eigenvalue weighted by molar-refractivity contribution is 0.0776. The van der Waals surface area contributed by atoms with Crippen molar-refractivity contribution < 1.29 is 18.8 Å². The van der Waals surface area contributed by atoms with Crippen molar-refractivity contribution in [2.75, 3.05) is 32.2 Å². The number of rotatable bonds is 9. The molecule has 4 aliphatic rings. The lowest BCUT2D eigenvalue weighted by Gasteiger charge is -2.17. The first-order chi connectivity index (χ1) is 26.0. The van der Waals surface area contributed by atoms with E-state index in [0.29, 0.717) is 30.0 Å². The minimum Gasteiger partial charge on any atom is -0.496 e. The normalized spacial score (nSPS) is 20.3. The highest BCUT2D eigenvalue weighted by atomic mass is 32.1. The highest BCUT2D eigenvalue weighted by molar-refractivity contribution is 7.23. The number of aromatic amines is 1. The van der Waals surface area contributed by atoms with Gasteiger partial charge in [-0.3, -0.25) is 19.3 Å². The van der Waals surface area contributed by atoms with E-state index in [1.165, 1.54) is 22.3 Å². The monoisotopic (exact) mass is 726 g/mol. The largest absolute Gasteiger partial charge is 0.496 e. The number of carbonyl (C=O) groups excluding carboxylic acids is 1. The molecule has 0 unspecified atom stereocenters. The molecule has 0 spiro atoms. The molecule has 12 heteroatoms. The van der Waals surface area contributed by atoms with Gasteiger partial charge < -0.3 is 19.7 Å². The van der Waals surface area contributed by atoms with Crippen LogP contribution in [0.5, 0.6) is 5.75 Å². The second-order valence-corrected chi connectivity index (χ2v) is 15.5. The number of aromatic nitrogens is 4. The molecule has 6 aromatic rings. The summed E-state index contributed by atoms with van der Waals surface area (Å²) in [6.45, 7) is 2.24. The summed E-state index contributed by atoms with van der Waals surface area (Å²) in [6, 6.07) is 19.1. The number of thiophene rings is 1. The van der Waals surface area contributed by atoms with Gasteiger partial charge in [-0.05, 0) is 90.8 Å². The zero-order chi connectivity index (χ0) is 35.6. The summed E-state index contributed by atoms with van der Waals surface area (Å²) >= 11 is 1.59. The van der Waals surface area contributed by atoms with E-state index in [0.717, 1.165) is 95.2 Å². The van der Waals surface area contributed by atoms with Crippen molar-refractivity contribution >= 4 is 33.1 Å². The van der Waals surface area contributed by atoms with Gasteiger partial charge in [0.1, 0.15) is 11.6 Å². The summed E-state index contributed by atoms with van der Waals surface area (Å²) in [7, 11) is 1.72. The van der Waals surface area contributed by atoms with Crippen LogP contribution in [0.3, 0.4) is 0 Å². The molecule has 0 saturated carbocycles. The average molecular weight is 727 g/mol. The van der Waals surface area contributed by atoms with Crippen molar-refractivity contribution in [3.63, 3.8) is 0 Å². The molecule has 4 aromatic heterocycles. The predicted octanol–water partition coefficient (Wildman–Crippen LogP) is 7.39. The van der Waals surface area contributed by atoms with Gasteiger partial charge in [-0.1, -0.05) is 41.6 Å². The van der Waals surface area contributed by atoms with Gasteiger partial charge in [0, 0.05) is 35.7 Å². The Morgan fingerprint density at radius 2 is 1.96 bits per heavy atom. The number of benzene rings is 2. The number of fused-ring (bicyclic) bond motifs is 5. The molecule has 53 heavy (non-hydrogen) atoms. The second kappa shape index (κ2) is 13.0. The molecule has 1 aliphatic carbocycles. The molecule has 2 N–H and O–H groups in total. The van der Waals surface area contributed by atoms with Gasteiger partial charge in [0.2, 0.25) is 0 Å². The summed E-state index contributed by atoms with van der Waals surface area (Å²) in [6.07, 6.45) is 7.83. The third-order valence-electron chi connectivity index (χ3n) is 11.5. The fraction of sp³-hybridized carbons (Fsp3) is 0.341. The quantitative estimate of drug-likeness (QED) is 0.156. The predicted molar refractivity (Wildman–Crippen MR) is 202 cm³/mol. The van der Waals surface area contributed by atoms with Crippen LogP contribution in [0.1, 0.15) is 87.7 Å². The van der Waals surface area contributed by atoms with Gasteiger partial charge in [-0.15, -0.1) is 11.3 Å². The zero-order valence-corrected chi connectivity index (χ0v) is 30.1. The standard InChI is InChI=1S/C41H38N6O5S/c1-50-31-9-3-7-26-27(31)11-13-28(26)44-39-37-24(14-16-42-39)20-32(53-37)34-33(38-45-41(49)52-46-38)29(43-36-30-8-4-17-47(30)40(48)35(34)36)12-10-22-5-2-6-23(19-22)25-15-18-51-21-25/h2-3,5-7,9,14,16,19-20,25,28,30H,4,8,10-13,15,17-18,21H2,1H3,(H,42,44)(H,45,46,49)/t25-,28+,30+/m0/s1. The molecular formula is C41H38N6O5S. The molecule has 7 heterocycles. The molecule has 0 radical (unpaired) electrons. The third-order valence-corrected chi connectivity index (χ3v) is 12.6. The third kappa shape index (κ3) is 5.45. The molecule has 1 amide bonds. The van der Waals surface area contributed by atoms with Gasteiger partial charge in [0.05, 0.1) is 53.0 Å². The fourth-order valence-corrected chi connectivity index (χ4v) is 10.1. The highest BCUT2D eigenvalue weighted by Crippen LogP contribution is 2.50. The molecule has 2 saturated heterocycles. The fourth-order valence-electron chi connectivity index (χ4n) is 8.95. The number of anilines is 1. The maximum Gasteiger partial charge on any atom is 0.439 e. The van der Waals surface area contributed by atoms with E-state index >= 15 is 0 Å². The van der Waals surface area contributed by atoms with Gasteiger partial charge in [0.15, 0.2) is 5.82 Å². The molecule has 3 aliphatic heterocycles.